The van der Waals surface area contributed by atoms with Crippen molar-refractivity contribution in [1.29, 1.82) is 5.26 Å². The molecule has 3 rings (SSSR count). The molecule has 0 saturated carbocycles. The molecule has 2 aliphatic rings. The van der Waals surface area contributed by atoms with Crippen molar-refractivity contribution in [2.75, 3.05) is 20.0 Å². The van der Waals surface area contributed by atoms with Gasteiger partial charge in [0.1, 0.15) is 12.5 Å². The van der Waals surface area contributed by atoms with Crippen LogP contribution in [0, 0.1) is 11.3 Å². The quantitative estimate of drug-likeness (QED) is 0.679. The first-order chi connectivity index (χ1) is 8.31. The summed E-state index contributed by atoms with van der Waals surface area (Å²) in [7, 11) is 0. The smallest absolute Gasteiger partial charge is 0.174 e. The molecule has 1 saturated heterocycles. The lowest BCUT2D eigenvalue weighted by molar-refractivity contribution is -0.172. The maximum absolute atomic E-state index is 8.83. The Morgan fingerprint density at radius 3 is 2.82 bits per heavy atom. The van der Waals surface area contributed by atoms with E-state index in [0.717, 1.165) is 11.3 Å². The summed E-state index contributed by atoms with van der Waals surface area (Å²) in [4.78, 5) is 0. The molecule has 0 N–H and O–H groups in total. The molecule has 2 heterocycles. The van der Waals surface area contributed by atoms with E-state index in [9.17, 15) is 0 Å². The molecule has 4 heteroatoms. The number of hydrogen-bond acceptors (Lipinski definition) is 4. The zero-order valence-electron chi connectivity index (χ0n) is 9.18. The third-order valence-electron chi connectivity index (χ3n) is 2.88. The molecule has 0 bridgehead atoms. The van der Waals surface area contributed by atoms with E-state index in [4.69, 9.17) is 19.5 Å². The molecule has 86 valence electrons. The molecule has 0 amide bonds. The van der Waals surface area contributed by atoms with Crippen molar-refractivity contribution in [3.05, 3.63) is 35.4 Å². The predicted octanol–water partition coefficient (Wildman–Crippen LogP) is 1.71. The molecule has 4 nitrogen and oxygen atoms in total. The number of nitriles is 1. The molecule has 0 aromatic heterocycles. The normalized spacial score (nSPS) is 20.4. The highest BCUT2D eigenvalue weighted by Crippen LogP contribution is 2.33. The van der Waals surface area contributed by atoms with Gasteiger partial charge in [-0.25, -0.2) is 0 Å². The summed E-state index contributed by atoms with van der Waals surface area (Å²) >= 11 is 0. The number of hydrogen-bond donors (Lipinski definition) is 0. The minimum atomic E-state index is -0.514. The Balaban J connectivity index is 1.94. The van der Waals surface area contributed by atoms with Gasteiger partial charge in [-0.05, 0) is 24.3 Å². The van der Waals surface area contributed by atoms with Gasteiger partial charge in [0, 0.05) is 5.56 Å². The Labute approximate surface area is 99.0 Å². The molecule has 1 aromatic rings. The molecule has 0 radical (unpaired) electrons. The lowest BCUT2D eigenvalue weighted by atomic mass is 9.98. The lowest BCUT2D eigenvalue weighted by Crippen LogP contribution is -2.48. The maximum atomic E-state index is 8.83. The van der Waals surface area contributed by atoms with Crippen LogP contribution in [-0.2, 0) is 9.47 Å². The van der Waals surface area contributed by atoms with Gasteiger partial charge in [0.25, 0.3) is 0 Å². The van der Waals surface area contributed by atoms with E-state index in [1.165, 1.54) is 0 Å². The predicted molar refractivity (Wildman–Crippen MR) is 60.3 cm³/mol. The zero-order valence-corrected chi connectivity index (χ0v) is 9.18. The van der Waals surface area contributed by atoms with Crippen LogP contribution in [0.25, 0.3) is 6.08 Å². The third-order valence-corrected chi connectivity index (χ3v) is 2.88. The summed E-state index contributed by atoms with van der Waals surface area (Å²) in [6.07, 6.45) is 3.90. The van der Waals surface area contributed by atoms with Crippen LogP contribution in [-0.4, -0.2) is 25.6 Å². The molecular formula is C13H11NO3. The number of fused-ring (bicyclic) bond motifs is 1. The monoisotopic (exact) mass is 229 g/mol. The molecular weight excluding hydrogens is 218 g/mol. The maximum Gasteiger partial charge on any atom is 0.174 e. The first-order valence-corrected chi connectivity index (χ1v) is 5.39. The van der Waals surface area contributed by atoms with Crippen LogP contribution < -0.4 is 4.74 Å². The van der Waals surface area contributed by atoms with Gasteiger partial charge in [-0.2, -0.15) is 5.26 Å². The van der Waals surface area contributed by atoms with Crippen LogP contribution in [0.4, 0.5) is 0 Å². The zero-order chi connectivity index (χ0) is 11.7. The van der Waals surface area contributed by atoms with Gasteiger partial charge >= 0.3 is 0 Å². The van der Waals surface area contributed by atoms with Crippen LogP contribution in [0.1, 0.15) is 11.1 Å². The van der Waals surface area contributed by atoms with Crippen molar-refractivity contribution >= 4 is 6.08 Å². The largest absolute Gasteiger partial charge is 0.478 e. The van der Waals surface area contributed by atoms with Crippen molar-refractivity contribution in [2.24, 2.45) is 0 Å². The van der Waals surface area contributed by atoms with E-state index in [2.05, 4.69) is 6.07 Å². The second-order valence-corrected chi connectivity index (χ2v) is 4.18. The van der Waals surface area contributed by atoms with Crippen molar-refractivity contribution in [3.8, 4) is 11.8 Å². The third kappa shape index (κ3) is 1.80. The van der Waals surface area contributed by atoms with Crippen LogP contribution in [0.3, 0.4) is 0 Å². The molecule has 2 aliphatic heterocycles. The fourth-order valence-electron chi connectivity index (χ4n) is 2.02. The van der Waals surface area contributed by atoms with E-state index < -0.39 is 5.60 Å². The van der Waals surface area contributed by atoms with Crippen molar-refractivity contribution in [2.45, 2.75) is 5.60 Å². The first kappa shape index (κ1) is 10.3. The van der Waals surface area contributed by atoms with E-state index in [-0.39, 0.29) is 0 Å². The summed E-state index contributed by atoms with van der Waals surface area (Å²) < 4.78 is 16.5. The van der Waals surface area contributed by atoms with Gasteiger partial charge in [-0.3, -0.25) is 0 Å². The van der Waals surface area contributed by atoms with E-state index in [0.29, 0.717) is 25.6 Å². The first-order valence-electron chi connectivity index (χ1n) is 5.39. The van der Waals surface area contributed by atoms with Gasteiger partial charge in [0.05, 0.1) is 24.8 Å². The Hall–Kier alpha value is -1.83. The van der Waals surface area contributed by atoms with Gasteiger partial charge in [0.2, 0.25) is 0 Å². The SMILES string of the molecule is N#Cc1ccc2c(c1)C=CC1(COCOC1)O2. The number of rotatable bonds is 0. The summed E-state index contributed by atoms with van der Waals surface area (Å²) in [6.45, 7) is 1.30. The van der Waals surface area contributed by atoms with Crippen LogP contribution >= 0.6 is 0 Å². The highest BCUT2D eigenvalue weighted by Gasteiger charge is 2.36. The minimum absolute atomic E-state index is 0.319. The molecule has 1 spiro atoms. The summed E-state index contributed by atoms with van der Waals surface area (Å²) in [5, 5.41) is 8.83. The fraction of sp³-hybridized carbons (Fsp3) is 0.308. The number of ether oxygens (including phenoxy) is 3. The van der Waals surface area contributed by atoms with Gasteiger partial charge in [-0.15, -0.1) is 0 Å². The van der Waals surface area contributed by atoms with E-state index >= 15 is 0 Å². The summed E-state index contributed by atoms with van der Waals surface area (Å²) in [6, 6.07) is 7.48. The second kappa shape index (κ2) is 3.88. The highest BCUT2D eigenvalue weighted by atomic mass is 16.7. The van der Waals surface area contributed by atoms with Gasteiger partial charge in [0.15, 0.2) is 5.60 Å². The standard InChI is InChI=1S/C13H11NO3/c14-6-10-1-2-12-11(5-10)3-4-13(17-12)7-15-9-16-8-13/h1-5H,7-9H2. The topological polar surface area (TPSA) is 51.5 Å². The fourth-order valence-corrected chi connectivity index (χ4v) is 2.02. The van der Waals surface area contributed by atoms with Gasteiger partial charge < -0.3 is 14.2 Å². The second-order valence-electron chi connectivity index (χ2n) is 4.18. The average Bonchev–Trinajstić information content (AvgIpc) is 2.39. The Morgan fingerprint density at radius 2 is 2.06 bits per heavy atom. The van der Waals surface area contributed by atoms with Crippen molar-refractivity contribution < 1.29 is 14.2 Å². The van der Waals surface area contributed by atoms with Crippen molar-refractivity contribution in [1.82, 2.24) is 0 Å². The van der Waals surface area contributed by atoms with Crippen molar-refractivity contribution in [3.63, 3.8) is 0 Å². The van der Waals surface area contributed by atoms with Crippen LogP contribution in [0.5, 0.6) is 5.75 Å². The highest BCUT2D eigenvalue weighted by molar-refractivity contribution is 5.63. The van der Waals surface area contributed by atoms with E-state index in [1.54, 1.807) is 6.07 Å². The van der Waals surface area contributed by atoms with E-state index in [1.807, 2.05) is 24.3 Å². The molecule has 0 aliphatic carbocycles. The molecule has 1 aromatic carbocycles. The summed E-state index contributed by atoms with van der Waals surface area (Å²) in [5.41, 5.74) is 1.03. The Kier molecular flexibility index (Phi) is 2.36. The minimum Gasteiger partial charge on any atom is -0.478 e. The van der Waals surface area contributed by atoms with Gasteiger partial charge in [-0.1, -0.05) is 6.08 Å². The van der Waals surface area contributed by atoms with Crippen LogP contribution in [0.2, 0.25) is 0 Å². The summed E-state index contributed by atoms with van der Waals surface area (Å²) in [5.74, 6) is 0.764. The molecule has 0 atom stereocenters. The molecule has 0 unspecified atom stereocenters. The van der Waals surface area contributed by atoms with Crippen LogP contribution in [0.15, 0.2) is 24.3 Å². The molecule has 17 heavy (non-hydrogen) atoms. The molecule has 1 fully saturated rings. The number of nitrogens with zero attached hydrogens (tertiary/aromatic N) is 1. The average molecular weight is 229 g/mol. The Morgan fingerprint density at radius 1 is 1.24 bits per heavy atom. The Bertz CT molecular complexity index is 510. The lowest BCUT2D eigenvalue weighted by Gasteiger charge is -2.37. The number of benzene rings is 1.